The molecule has 0 atom stereocenters. The van der Waals surface area contributed by atoms with Gasteiger partial charge in [0.25, 0.3) is 0 Å². The second kappa shape index (κ2) is 5.58. The number of sulfonamides is 1. The third-order valence-electron chi connectivity index (χ3n) is 2.50. The van der Waals surface area contributed by atoms with Crippen LogP contribution in [0.1, 0.15) is 4.88 Å². The lowest BCUT2D eigenvalue weighted by atomic mass is 10.5. The third-order valence-corrected chi connectivity index (χ3v) is 5.62. The molecule has 19 heavy (non-hydrogen) atoms. The zero-order chi connectivity index (χ0) is 14.0. The first-order chi connectivity index (χ1) is 8.91. The predicted octanol–water partition coefficient (Wildman–Crippen LogP) is 2.31. The lowest BCUT2D eigenvalue weighted by molar-refractivity contribution is 0.470. The van der Waals surface area contributed by atoms with Gasteiger partial charge < -0.3 is 5.73 Å². The molecular formula is C11H12BrN3O2S2. The Kier molecular flexibility index (Phi) is 4.24. The summed E-state index contributed by atoms with van der Waals surface area (Å²) in [5.74, 6) is 0.00114. The summed E-state index contributed by atoms with van der Waals surface area (Å²) in [5.41, 5.74) is 5.65. The number of halogens is 1. The Bertz CT molecular complexity index is 671. The molecule has 2 N–H and O–H groups in total. The first-order valence-corrected chi connectivity index (χ1v) is 8.42. The first kappa shape index (κ1) is 14.4. The molecule has 5 nitrogen and oxygen atoms in total. The number of nitrogens with two attached hydrogens (primary N) is 1. The average Bonchev–Trinajstić information content (AvgIpc) is 2.85. The Labute approximate surface area is 124 Å². The molecule has 0 bridgehead atoms. The molecule has 0 saturated carbocycles. The molecule has 102 valence electrons. The summed E-state index contributed by atoms with van der Waals surface area (Å²) in [6.07, 6.45) is 1.47. The predicted molar refractivity (Wildman–Crippen MR) is 79.3 cm³/mol. The van der Waals surface area contributed by atoms with Crippen molar-refractivity contribution in [1.29, 1.82) is 0 Å². The number of nitrogens with zero attached hydrogens (tertiary/aromatic N) is 2. The average molecular weight is 362 g/mol. The van der Waals surface area contributed by atoms with Gasteiger partial charge in [0.15, 0.2) is 0 Å². The molecule has 0 aliphatic heterocycles. The van der Waals surface area contributed by atoms with E-state index < -0.39 is 10.0 Å². The van der Waals surface area contributed by atoms with Crippen LogP contribution in [0.4, 0.5) is 5.82 Å². The summed E-state index contributed by atoms with van der Waals surface area (Å²) in [5, 5.41) is 1.91. The highest BCUT2D eigenvalue weighted by Crippen LogP contribution is 2.24. The van der Waals surface area contributed by atoms with E-state index in [0.29, 0.717) is 11.0 Å². The van der Waals surface area contributed by atoms with E-state index in [1.165, 1.54) is 35.0 Å². The number of hydrogen-bond donors (Lipinski definition) is 1. The van der Waals surface area contributed by atoms with E-state index in [1.54, 1.807) is 0 Å². The number of aromatic nitrogens is 1. The molecule has 0 aliphatic rings. The minimum absolute atomic E-state index is 0.00114. The minimum atomic E-state index is -3.65. The van der Waals surface area contributed by atoms with Crippen molar-refractivity contribution < 1.29 is 8.42 Å². The van der Waals surface area contributed by atoms with Crippen LogP contribution in [0.5, 0.6) is 0 Å². The van der Waals surface area contributed by atoms with Crippen LogP contribution in [-0.2, 0) is 16.6 Å². The van der Waals surface area contributed by atoms with Crippen molar-refractivity contribution in [1.82, 2.24) is 9.29 Å². The lowest BCUT2D eigenvalue weighted by Gasteiger charge is -2.17. The number of anilines is 1. The molecule has 2 heterocycles. The minimum Gasteiger partial charge on any atom is -0.383 e. The van der Waals surface area contributed by atoms with Crippen LogP contribution < -0.4 is 5.73 Å². The van der Waals surface area contributed by atoms with Crippen LogP contribution in [0, 0.1) is 0 Å². The van der Waals surface area contributed by atoms with E-state index in [0.717, 1.165) is 4.88 Å². The lowest BCUT2D eigenvalue weighted by Crippen LogP contribution is -2.27. The molecule has 2 aromatic rings. The highest BCUT2D eigenvalue weighted by molar-refractivity contribution is 9.10. The summed E-state index contributed by atoms with van der Waals surface area (Å²) < 4.78 is 26.7. The maximum atomic E-state index is 12.4. The number of thiophene rings is 1. The van der Waals surface area contributed by atoms with Gasteiger partial charge in [0.1, 0.15) is 10.7 Å². The maximum Gasteiger partial charge on any atom is 0.246 e. The van der Waals surface area contributed by atoms with Gasteiger partial charge in [-0.05, 0) is 33.4 Å². The van der Waals surface area contributed by atoms with Crippen molar-refractivity contribution in [3.8, 4) is 0 Å². The number of rotatable bonds is 4. The second-order valence-corrected chi connectivity index (χ2v) is 7.84. The van der Waals surface area contributed by atoms with E-state index in [2.05, 4.69) is 20.9 Å². The topological polar surface area (TPSA) is 76.3 Å². The monoisotopic (exact) mass is 361 g/mol. The van der Waals surface area contributed by atoms with Crippen molar-refractivity contribution in [2.24, 2.45) is 0 Å². The van der Waals surface area contributed by atoms with Crippen LogP contribution in [-0.4, -0.2) is 24.8 Å². The summed E-state index contributed by atoms with van der Waals surface area (Å²) in [6, 6.07) is 5.23. The summed E-state index contributed by atoms with van der Waals surface area (Å²) in [6.45, 7) is 0.311. The van der Waals surface area contributed by atoms with E-state index in [1.807, 2.05) is 17.5 Å². The van der Waals surface area contributed by atoms with Gasteiger partial charge in [-0.25, -0.2) is 13.4 Å². The van der Waals surface area contributed by atoms with Crippen LogP contribution in [0.15, 0.2) is 39.1 Å². The Balaban J connectivity index is 2.33. The van der Waals surface area contributed by atoms with Gasteiger partial charge in [-0.3, -0.25) is 0 Å². The van der Waals surface area contributed by atoms with E-state index in [-0.39, 0.29) is 10.7 Å². The van der Waals surface area contributed by atoms with Crippen molar-refractivity contribution >= 4 is 43.1 Å². The van der Waals surface area contributed by atoms with Gasteiger partial charge in [-0.1, -0.05) is 6.07 Å². The summed E-state index contributed by atoms with van der Waals surface area (Å²) in [7, 11) is -2.12. The van der Waals surface area contributed by atoms with Crippen LogP contribution in [0.3, 0.4) is 0 Å². The van der Waals surface area contributed by atoms with Crippen LogP contribution >= 0.6 is 27.3 Å². The highest BCUT2D eigenvalue weighted by atomic mass is 79.9. The quantitative estimate of drug-likeness (QED) is 0.906. The van der Waals surface area contributed by atoms with Crippen molar-refractivity contribution in [2.45, 2.75) is 11.4 Å². The third kappa shape index (κ3) is 3.14. The Morgan fingerprint density at radius 3 is 2.89 bits per heavy atom. The highest BCUT2D eigenvalue weighted by Gasteiger charge is 2.24. The molecule has 0 aliphatic carbocycles. The van der Waals surface area contributed by atoms with Gasteiger partial charge in [0.05, 0.1) is 0 Å². The molecule has 0 amide bonds. The summed E-state index contributed by atoms with van der Waals surface area (Å²) in [4.78, 5) is 4.83. The molecule has 2 aromatic heterocycles. The standard InChI is InChI=1S/C11H12BrN3O2S2/c1-15(7-9-3-2-4-18-9)19(16,17)10-5-8(12)6-14-11(10)13/h2-6H,7H2,1H3,(H2,13,14). The van der Waals surface area contributed by atoms with Gasteiger partial charge in [-0.2, -0.15) is 4.31 Å². The van der Waals surface area contributed by atoms with E-state index >= 15 is 0 Å². The van der Waals surface area contributed by atoms with Crippen molar-refractivity contribution in [2.75, 3.05) is 12.8 Å². The Morgan fingerprint density at radius 1 is 1.53 bits per heavy atom. The molecule has 8 heteroatoms. The Morgan fingerprint density at radius 2 is 2.26 bits per heavy atom. The van der Waals surface area contributed by atoms with Crippen molar-refractivity contribution in [3.05, 3.63) is 39.1 Å². The zero-order valence-corrected chi connectivity index (χ0v) is 13.3. The van der Waals surface area contributed by atoms with Gasteiger partial charge in [-0.15, -0.1) is 11.3 Å². The summed E-state index contributed by atoms with van der Waals surface area (Å²) >= 11 is 4.71. The fourth-order valence-electron chi connectivity index (χ4n) is 1.51. The van der Waals surface area contributed by atoms with Gasteiger partial charge >= 0.3 is 0 Å². The van der Waals surface area contributed by atoms with E-state index in [9.17, 15) is 8.42 Å². The van der Waals surface area contributed by atoms with Crippen LogP contribution in [0.2, 0.25) is 0 Å². The number of pyridine rings is 1. The molecule has 0 aromatic carbocycles. The second-order valence-electron chi connectivity index (χ2n) is 3.88. The SMILES string of the molecule is CN(Cc1cccs1)S(=O)(=O)c1cc(Br)cnc1N. The molecular weight excluding hydrogens is 350 g/mol. The number of hydrogen-bond acceptors (Lipinski definition) is 5. The van der Waals surface area contributed by atoms with Crippen LogP contribution in [0.25, 0.3) is 0 Å². The maximum absolute atomic E-state index is 12.4. The molecule has 0 saturated heterocycles. The fourth-order valence-corrected chi connectivity index (χ4v) is 4.07. The Hall–Kier alpha value is -0.960. The zero-order valence-electron chi connectivity index (χ0n) is 10.1. The van der Waals surface area contributed by atoms with Gasteiger partial charge in [0, 0.05) is 29.1 Å². The number of nitrogen functional groups attached to an aromatic ring is 1. The van der Waals surface area contributed by atoms with Gasteiger partial charge in [0.2, 0.25) is 10.0 Å². The van der Waals surface area contributed by atoms with E-state index in [4.69, 9.17) is 5.73 Å². The molecule has 0 spiro atoms. The smallest absolute Gasteiger partial charge is 0.246 e. The molecule has 0 unspecified atom stereocenters. The molecule has 0 radical (unpaired) electrons. The molecule has 2 rings (SSSR count). The largest absolute Gasteiger partial charge is 0.383 e. The fraction of sp³-hybridized carbons (Fsp3) is 0.182. The first-order valence-electron chi connectivity index (χ1n) is 5.31. The van der Waals surface area contributed by atoms with Crippen molar-refractivity contribution in [3.63, 3.8) is 0 Å². The molecule has 0 fully saturated rings. The normalized spacial score (nSPS) is 11.9.